The summed E-state index contributed by atoms with van der Waals surface area (Å²) in [5.74, 6) is -1.48. The van der Waals surface area contributed by atoms with Gasteiger partial charge in [0.05, 0.1) is 0 Å². The summed E-state index contributed by atoms with van der Waals surface area (Å²) in [7, 11) is 0. The van der Waals surface area contributed by atoms with Gasteiger partial charge in [0.1, 0.15) is 0 Å². The molecule has 16 heavy (non-hydrogen) atoms. The maximum absolute atomic E-state index is 12.1. The third-order valence-electron chi connectivity index (χ3n) is 1.77. The molecule has 0 spiro atoms. The largest absolute Gasteiger partial charge is 1.00 e. The van der Waals surface area contributed by atoms with Crippen LogP contribution in [0.3, 0.4) is 0 Å². The Morgan fingerprint density at radius 1 is 1.06 bits per heavy atom. The number of halogens is 5. The smallest absolute Gasteiger partial charge is 0.445 e. The molecule has 0 unspecified atom stereocenters. The summed E-state index contributed by atoms with van der Waals surface area (Å²) in [6.45, 7) is -5.16. The number of carbonyl (C=O) groups is 1. The Morgan fingerprint density at radius 3 is 1.81 bits per heavy atom. The summed E-state index contributed by atoms with van der Waals surface area (Å²) < 4.78 is 60.1. The maximum Gasteiger partial charge on any atom is 1.00 e. The molecule has 1 nitrogen and oxygen atoms in total. The minimum atomic E-state index is -5.16. The standard InChI is InChI=1S/C8H5BF5O.K/c10-8(11)7(15)5-1-3-6(4-2-5)9(12,13)14;/h1-4,8H;/q-1;+1. The predicted molar refractivity (Wildman–Crippen MR) is 45.5 cm³/mol. The summed E-state index contributed by atoms with van der Waals surface area (Å²) in [6.07, 6.45) is -3.20. The van der Waals surface area contributed by atoms with Crippen molar-refractivity contribution in [3.63, 3.8) is 0 Å². The molecule has 1 aromatic rings. The molecule has 0 bridgehead atoms. The summed E-state index contributed by atoms with van der Waals surface area (Å²) in [4.78, 5) is 10.7. The first-order chi connectivity index (χ1) is 6.82. The van der Waals surface area contributed by atoms with Gasteiger partial charge in [-0.15, -0.1) is 5.46 Å². The monoisotopic (exact) mass is 262 g/mol. The van der Waals surface area contributed by atoms with Gasteiger partial charge in [0.25, 0.3) is 0 Å². The van der Waals surface area contributed by atoms with Crippen molar-refractivity contribution in [2.45, 2.75) is 6.43 Å². The minimum absolute atomic E-state index is 0. The van der Waals surface area contributed by atoms with Crippen molar-refractivity contribution < 1.29 is 77.9 Å². The molecule has 0 fully saturated rings. The molecule has 1 rings (SSSR count). The van der Waals surface area contributed by atoms with Gasteiger partial charge in [-0.25, -0.2) is 8.78 Å². The number of hydrogen-bond acceptors (Lipinski definition) is 1. The molecule has 0 saturated heterocycles. The van der Waals surface area contributed by atoms with Crippen LogP contribution in [0.25, 0.3) is 0 Å². The molecule has 0 aliphatic carbocycles. The van der Waals surface area contributed by atoms with Crippen molar-refractivity contribution in [1.82, 2.24) is 0 Å². The number of carbonyl (C=O) groups excluding carboxylic acids is 1. The zero-order valence-corrected chi connectivity index (χ0v) is 11.4. The first-order valence-electron chi connectivity index (χ1n) is 3.94. The molecule has 0 heterocycles. The van der Waals surface area contributed by atoms with Crippen LogP contribution in [0.15, 0.2) is 24.3 Å². The Balaban J connectivity index is 0.00000225. The molecule has 0 N–H and O–H groups in total. The molecule has 0 saturated carbocycles. The van der Waals surface area contributed by atoms with Crippen LogP contribution >= 0.6 is 0 Å². The topological polar surface area (TPSA) is 17.1 Å². The minimum Gasteiger partial charge on any atom is -0.445 e. The van der Waals surface area contributed by atoms with Gasteiger partial charge in [-0.2, -0.15) is 0 Å². The van der Waals surface area contributed by atoms with E-state index in [2.05, 4.69) is 0 Å². The summed E-state index contributed by atoms with van der Waals surface area (Å²) in [5, 5.41) is 0. The van der Waals surface area contributed by atoms with E-state index in [1.807, 2.05) is 0 Å². The second-order valence-electron chi connectivity index (χ2n) is 2.86. The van der Waals surface area contributed by atoms with Gasteiger partial charge in [-0.3, -0.25) is 4.79 Å². The van der Waals surface area contributed by atoms with Gasteiger partial charge in [0.15, 0.2) is 0 Å². The van der Waals surface area contributed by atoms with Gasteiger partial charge < -0.3 is 12.9 Å². The van der Waals surface area contributed by atoms with E-state index in [0.717, 1.165) is 12.1 Å². The van der Waals surface area contributed by atoms with Crippen LogP contribution in [0, 0.1) is 0 Å². The third kappa shape index (κ3) is 4.25. The SMILES string of the molecule is O=C(c1ccc([B-](F)(F)F)cc1)C(F)F.[K+]. The Morgan fingerprint density at radius 2 is 1.50 bits per heavy atom. The molecular weight excluding hydrogens is 257 g/mol. The van der Waals surface area contributed by atoms with Crippen LogP contribution in [0.1, 0.15) is 10.4 Å². The molecule has 0 amide bonds. The van der Waals surface area contributed by atoms with Gasteiger partial charge in [0, 0.05) is 5.56 Å². The van der Waals surface area contributed by atoms with E-state index in [1.165, 1.54) is 0 Å². The van der Waals surface area contributed by atoms with Crippen molar-refractivity contribution in [3.8, 4) is 0 Å². The Labute approximate surface area is 131 Å². The quantitative estimate of drug-likeness (QED) is 0.396. The number of benzene rings is 1. The number of rotatable bonds is 3. The maximum atomic E-state index is 12.1. The summed E-state index contributed by atoms with van der Waals surface area (Å²) in [5.41, 5.74) is -1.34. The third-order valence-corrected chi connectivity index (χ3v) is 1.77. The Bertz CT molecular complexity index is 362. The predicted octanol–water partition coefficient (Wildman–Crippen LogP) is -0.807. The number of hydrogen-bond donors (Lipinski definition) is 0. The van der Waals surface area contributed by atoms with Crippen LogP contribution in [0.4, 0.5) is 21.7 Å². The molecule has 0 radical (unpaired) electrons. The van der Waals surface area contributed by atoms with Gasteiger partial charge in [0.2, 0.25) is 5.78 Å². The molecule has 0 aliphatic heterocycles. The fourth-order valence-electron chi connectivity index (χ4n) is 0.992. The molecule has 8 heteroatoms. The molecular formula is C8H5BF5KO. The van der Waals surface area contributed by atoms with Crippen molar-refractivity contribution >= 4 is 18.2 Å². The van der Waals surface area contributed by atoms with E-state index in [-0.39, 0.29) is 51.4 Å². The van der Waals surface area contributed by atoms with Crippen LogP contribution in [0.5, 0.6) is 0 Å². The molecule has 0 aliphatic rings. The van der Waals surface area contributed by atoms with Gasteiger partial charge in [-0.05, 0) is 0 Å². The van der Waals surface area contributed by atoms with E-state index >= 15 is 0 Å². The van der Waals surface area contributed by atoms with E-state index in [0.29, 0.717) is 12.1 Å². The van der Waals surface area contributed by atoms with Gasteiger partial charge >= 0.3 is 64.8 Å². The Kier molecular flexibility index (Phi) is 6.34. The fourth-order valence-corrected chi connectivity index (χ4v) is 0.992. The molecule has 1 aromatic carbocycles. The van der Waals surface area contributed by atoms with E-state index in [4.69, 9.17) is 0 Å². The number of Topliss-reactive ketones (excluding diaryl/α,β-unsaturated/α-hetero) is 1. The zero-order chi connectivity index (χ0) is 11.6. The fraction of sp³-hybridized carbons (Fsp3) is 0.125. The molecule has 82 valence electrons. The van der Waals surface area contributed by atoms with Gasteiger partial charge in [-0.1, -0.05) is 24.3 Å². The Hall–Kier alpha value is 0.241. The first kappa shape index (κ1) is 16.2. The van der Waals surface area contributed by atoms with Crippen molar-refractivity contribution in [3.05, 3.63) is 29.8 Å². The number of ketones is 1. The average Bonchev–Trinajstić information content (AvgIpc) is 2.15. The van der Waals surface area contributed by atoms with Crippen LogP contribution in [0.2, 0.25) is 0 Å². The van der Waals surface area contributed by atoms with E-state index in [1.54, 1.807) is 0 Å². The van der Waals surface area contributed by atoms with E-state index < -0.39 is 30.2 Å². The van der Waals surface area contributed by atoms with Crippen molar-refractivity contribution in [2.24, 2.45) is 0 Å². The summed E-state index contributed by atoms with van der Waals surface area (Å²) >= 11 is 0. The molecule has 0 aromatic heterocycles. The van der Waals surface area contributed by atoms with Crippen LogP contribution < -0.4 is 56.8 Å². The summed E-state index contributed by atoms with van der Waals surface area (Å²) in [6, 6.07) is 2.74. The van der Waals surface area contributed by atoms with Crippen LogP contribution in [-0.4, -0.2) is 19.2 Å². The normalized spacial score (nSPS) is 11.1. The number of alkyl halides is 2. The average molecular weight is 262 g/mol. The first-order valence-corrected chi connectivity index (χ1v) is 3.94. The van der Waals surface area contributed by atoms with E-state index in [9.17, 15) is 26.5 Å². The second kappa shape index (κ2) is 6.25. The van der Waals surface area contributed by atoms with Crippen molar-refractivity contribution in [1.29, 1.82) is 0 Å². The van der Waals surface area contributed by atoms with Crippen molar-refractivity contribution in [2.75, 3.05) is 0 Å². The molecule has 0 atom stereocenters. The zero-order valence-electron chi connectivity index (χ0n) is 8.26. The van der Waals surface area contributed by atoms with Crippen LogP contribution in [-0.2, 0) is 0 Å². The second-order valence-corrected chi connectivity index (χ2v) is 2.86.